The van der Waals surface area contributed by atoms with Crippen molar-refractivity contribution in [3.05, 3.63) is 12.3 Å². The van der Waals surface area contributed by atoms with E-state index in [4.69, 9.17) is 0 Å². The van der Waals surface area contributed by atoms with E-state index in [2.05, 4.69) is 28.4 Å². The molecule has 3 atom stereocenters. The molecule has 8 heavy (non-hydrogen) atoms. The molecule has 0 aromatic heterocycles. The lowest BCUT2D eigenvalue weighted by Gasteiger charge is -1.92. The minimum absolute atomic E-state index is 0.528. The van der Waals surface area contributed by atoms with E-state index in [1.807, 2.05) is 0 Å². The van der Waals surface area contributed by atoms with Gasteiger partial charge in [-0.1, -0.05) is 0 Å². The highest BCUT2D eigenvalue weighted by Crippen LogP contribution is 2.41. The van der Waals surface area contributed by atoms with Gasteiger partial charge in [0.05, 0.1) is 18.1 Å². The summed E-state index contributed by atoms with van der Waals surface area (Å²) < 4.78 is 0. The molecule has 2 nitrogen and oxygen atoms in total. The zero-order chi connectivity index (χ0) is 5.14. The average molecular weight is 106 g/mol. The summed E-state index contributed by atoms with van der Waals surface area (Å²) in [6.07, 6.45) is 6.40. The normalized spacial score (nSPS) is 53.0. The third-order valence-electron chi connectivity index (χ3n) is 2.16. The van der Waals surface area contributed by atoms with Gasteiger partial charge in [0, 0.05) is 6.21 Å². The third kappa shape index (κ3) is 0.171. The highest BCUT2D eigenvalue weighted by molar-refractivity contribution is 5.76. The summed E-state index contributed by atoms with van der Waals surface area (Å²) in [5.74, 6) is 0. The predicted octanol–water partition coefficient (Wildman–Crippen LogP) is 0.0195. The Morgan fingerprint density at radius 2 is 2.50 bits per heavy atom. The first-order valence-corrected chi connectivity index (χ1v) is 2.96. The van der Waals surface area contributed by atoms with E-state index in [0.29, 0.717) is 12.1 Å². The van der Waals surface area contributed by atoms with Gasteiger partial charge < -0.3 is 4.90 Å². The van der Waals surface area contributed by atoms with E-state index >= 15 is 0 Å². The number of nitrogens with zero attached hydrogens (tertiary/aromatic N) is 2. The Kier molecular flexibility index (Phi) is 0.299. The van der Waals surface area contributed by atoms with E-state index in [1.165, 1.54) is 0 Å². The molecule has 1 fully saturated rings. The molecular formula is C6H6N2. The molecule has 0 aliphatic carbocycles. The molecule has 3 rings (SSSR count). The lowest BCUT2D eigenvalue weighted by atomic mass is 10.2. The highest BCUT2D eigenvalue weighted by atomic mass is 15.4. The quantitative estimate of drug-likeness (QED) is 0.397. The van der Waals surface area contributed by atoms with Crippen LogP contribution in [0.3, 0.4) is 0 Å². The van der Waals surface area contributed by atoms with Crippen molar-refractivity contribution in [2.45, 2.75) is 18.1 Å². The first-order valence-electron chi connectivity index (χ1n) is 2.96. The lowest BCUT2D eigenvalue weighted by molar-refractivity contribution is 0.664. The van der Waals surface area contributed by atoms with E-state index in [0.717, 1.165) is 6.04 Å². The Bertz CT molecular complexity index is 175. The van der Waals surface area contributed by atoms with Gasteiger partial charge in [0.25, 0.3) is 0 Å². The van der Waals surface area contributed by atoms with E-state index < -0.39 is 0 Å². The molecule has 0 amide bonds. The molecule has 0 radical (unpaired) electrons. The maximum Gasteiger partial charge on any atom is 0.0920 e. The van der Waals surface area contributed by atoms with Crippen molar-refractivity contribution in [1.82, 2.24) is 4.90 Å². The van der Waals surface area contributed by atoms with Crippen LogP contribution in [0.15, 0.2) is 17.3 Å². The van der Waals surface area contributed by atoms with Crippen molar-refractivity contribution in [3.8, 4) is 0 Å². The first-order chi connectivity index (χ1) is 3.97. The highest BCUT2D eigenvalue weighted by Gasteiger charge is 2.55. The van der Waals surface area contributed by atoms with E-state index in [9.17, 15) is 0 Å². The minimum atomic E-state index is 0.528. The summed E-state index contributed by atoms with van der Waals surface area (Å²) in [5, 5.41) is 0. The maximum atomic E-state index is 4.27. The second-order valence-electron chi connectivity index (χ2n) is 2.56. The third-order valence-corrected chi connectivity index (χ3v) is 2.16. The summed E-state index contributed by atoms with van der Waals surface area (Å²) in [6.45, 7) is 0. The molecule has 3 aliphatic rings. The van der Waals surface area contributed by atoms with Crippen LogP contribution in [0.5, 0.6) is 0 Å². The predicted molar refractivity (Wildman–Crippen MR) is 30.8 cm³/mol. The number of rotatable bonds is 0. The Hall–Kier alpha value is -0.790. The van der Waals surface area contributed by atoms with Crippen LogP contribution in [-0.2, 0) is 0 Å². The van der Waals surface area contributed by atoms with Gasteiger partial charge in [-0.15, -0.1) is 0 Å². The van der Waals surface area contributed by atoms with Crippen LogP contribution in [0.4, 0.5) is 0 Å². The van der Waals surface area contributed by atoms with Crippen molar-refractivity contribution in [2.24, 2.45) is 4.99 Å². The van der Waals surface area contributed by atoms with Crippen LogP contribution in [0.2, 0.25) is 0 Å². The minimum Gasteiger partial charge on any atom is -0.360 e. The second-order valence-corrected chi connectivity index (χ2v) is 2.56. The number of hydrogen-bond acceptors (Lipinski definition) is 2. The molecule has 0 aromatic carbocycles. The molecule has 3 heterocycles. The van der Waals surface area contributed by atoms with Crippen molar-refractivity contribution in [3.63, 3.8) is 0 Å². The molecule has 3 unspecified atom stereocenters. The summed E-state index contributed by atoms with van der Waals surface area (Å²) in [5.41, 5.74) is 0. The average Bonchev–Trinajstić information content (AvgIpc) is 2.11. The smallest absolute Gasteiger partial charge is 0.0920 e. The number of aliphatic imine (C=N–C) groups is 1. The Labute approximate surface area is 47.5 Å². The maximum absolute atomic E-state index is 4.27. The molecule has 0 spiro atoms. The van der Waals surface area contributed by atoms with Gasteiger partial charge in [0.15, 0.2) is 0 Å². The molecule has 0 bridgehead atoms. The fraction of sp³-hybridized carbons (Fsp3) is 0.500. The van der Waals surface area contributed by atoms with Crippen molar-refractivity contribution < 1.29 is 0 Å². The van der Waals surface area contributed by atoms with Gasteiger partial charge in [-0.05, 0) is 12.3 Å². The van der Waals surface area contributed by atoms with Crippen LogP contribution < -0.4 is 0 Å². The largest absolute Gasteiger partial charge is 0.360 e. The zero-order valence-corrected chi connectivity index (χ0v) is 4.36. The van der Waals surface area contributed by atoms with Crippen molar-refractivity contribution in [2.75, 3.05) is 0 Å². The van der Waals surface area contributed by atoms with E-state index in [1.54, 1.807) is 0 Å². The molecular weight excluding hydrogens is 100 g/mol. The van der Waals surface area contributed by atoms with Crippen molar-refractivity contribution >= 4 is 6.21 Å². The summed E-state index contributed by atoms with van der Waals surface area (Å²) >= 11 is 0. The van der Waals surface area contributed by atoms with Gasteiger partial charge in [-0.3, -0.25) is 4.99 Å². The molecule has 0 aromatic rings. The Morgan fingerprint density at radius 3 is 3.12 bits per heavy atom. The topological polar surface area (TPSA) is 15.4 Å². The van der Waals surface area contributed by atoms with Gasteiger partial charge >= 0.3 is 0 Å². The first kappa shape index (κ1) is 3.28. The molecule has 0 saturated carbocycles. The standard InChI is InChI=1S/C6H6N2/c1-2-8-5-3-7-4(1)6(5)8/h1-6H. The van der Waals surface area contributed by atoms with Crippen molar-refractivity contribution in [1.29, 1.82) is 0 Å². The lowest BCUT2D eigenvalue weighted by Crippen LogP contribution is -2.03. The van der Waals surface area contributed by atoms with Crippen LogP contribution in [0, 0.1) is 0 Å². The monoisotopic (exact) mass is 106 g/mol. The van der Waals surface area contributed by atoms with Crippen LogP contribution in [0.1, 0.15) is 0 Å². The zero-order valence-electron chi connectivity index (χ0n) is 4.36. The van der Waals surface area contributed by atoms with Crippen LogP contribution in [0.25, 0.3) is 0 Å². The van der Waals surface area contributed by atoms with Gasteiger partial charge in [-0.2, -0.15) is 0 Å². The van der Waals surface area contributed by atoms with Gasteiger partial charge in [-0.25, -0.2) is 0 Å². The molecule has 0 N–H and O–H groups in total. The number of hydrogen-bond donors (Lipinski definition) is 0. The molecule has 3 aliphatic heterocycles. The van der Waals surface area contributed by atoms with Crippen LogP contribution in [-0.4, -0.2) is 29.2 Å². The Morgan fingerprint density at radius 1 is 1.50 bits per heavy atom. The molecule has 1 saturated heterocycles. The fourth-order valence-corrected chi connectivity index (χ4v) is 1.66. The van der Waals surface area contributed by atoms with Gasteiger partial charge in [0.2, 0.25) is 0 Å². The summed E-state index contributed by atoms with van der Waals surface area (Å²) in [4.78, 5) is 6.62. The van der Waals surface area contributed by atoms with E-state index in [-0.39, 0.29) is 0 Å². The molecule has 2 heteroatoms. The van der Waals surface area contributed by atoms with Crippen LogP contribution >= 0.6 is 0 Å². The summed E-state index contributed by atoms with van der Waals surface area (Å²) in [6, 6.07) is 1.99. The van der Waals surface area contributed by atoms with Gasteiger partial charge in [0.1, 0.15) is 0 Å². The number of fused-ring (bicyclic) bond motifs is 1. The summed E-state index contributed by atoms with van der Waals surface area (Å²) in [7, 11) is 0. The Balaban J connectivity index is 2.21. The SMILES string of the molecule is C1=CN2C3C=NC1C32. The molecule has 40 valence electrons. The fourth-order valence-electron chi connectivity index (χ4n) is 1.66. The second kappa shape index (κ2) is 0.729.